The van der Waals surface area contributed by atoms with Crippen LogP contribution >= 0.6 is 0 Å². The fourth-order valence-electron chi connectivity index (χ4n) is 2.11. The summed E-state index contributed by atoms with van der Waals surface area (Å²) >= 11 is 0. The van der Waals surface area contributed by atoms with Crippen LogP contribution in [0.5, 0.6) is 0 Å². The van der Waals surface area contributed by atoms with E-state index in [1.807, 2.05) is 20.8 Å². The molecule has 0 aromatic heterocycles. The van der Waals surface area contributed by atoms with Gasteiger partial charge in [0, 0.05) is 12.6 Å². The number of nitrogens with one attached hydrogen (secondary N) is 1. The van der Waals surface area contributed by atoms with E-state index in [0.717, 1.165) is 19.5 Å². The fourth-order valence-corrected chi connectivity index (χ4v) is 2.11. The summed E-state index contributed by atoms with van der Waals surface area (Å²) in [5.41, 5.74) is -0.422. The predicted molar refractivity (Wildman–Crippen MR) is 71.9 cm³/mol. The molecule has 1 rings (SSSR count). The van der Waals surface area contributed by atoms with E-state index in [1.54, 1.807) is 0 Å². The Labute approximate surface area is 106 Å². The lowest BCUT2D eigenvalue weighted by Crippen LogP contribution is -2.55. The van der Waals surface area contributed by atoms with E-state index in [0.29, 0.717) is 12.0 Å². The summed E-state index contributed by atoms with van der Waals surface area (Å²) < 4.78 is 0. The summed E-state index contributed by atoms with van der Waals surface area (Å²) in [6, 6.07) is 0.513. The molecule has 0 radical (unpaired) electrons. The van der Waals surface area contributed by atoms with Crippen LogP contribution in [-0.4, -0.2) is 35.5 Å². The molecule has 0 aromatic rings. The van der Waals surface area contributed by atoms with Gasteiger partial charge in [-0.1, -0.05) is 20.8 Å². The third kappa shape index (κ3) is 4.30. The zero-order chi connectivity index (χ0) is 13.1. The van der Waals surface area contributed by atoms with Gasteiger partial charge in [0.1, 0.15) is 0 Å². The first-order valence-corrected chi connectivity index (χ1v) is 6.94. The third-order valence-corrected chi connectivity index (χ3v) is 3.35. The smallest absolute Gasteiger partial charge is 0.242 e. The standard InChI is InChI=1S/C14H28N2O/c1-6-15-14(4,5)13(17)16(12-7-8-12)10-9-11(2)3/h11-12,15H,6-10H2,1-5H3. The average molecular weight is 240 g/mol. The number of carbonyl (C=O) groups is 1. The van der Waals surface area contributed by atoms with Crippen LogP contribution in [0.25, 0.3) is 0 Å². The molecule has 3 nitrogen and oxygen atoms in total. The van der Waals surface area contributed by atoms with Gasteiger partial charge < -0.3 is 10.2 Å². The van der Waals surface area contributed by atoms with Crippen LogP contribution in [0, 0.1) is 5.92 Å². The summed E-state index contributed by atoms with van der Waals surface area (Å²) in [5, 5.41) is 3.28. The number of amides is 1. The molecule has 0 bridgehead atoms. The molecule has 1 aliphatic rings. The Kier molecular flexibility index (Phi) is 4.99. The van der Waals surface area contributed by atoms with E-state index in [9.17, 15) is 4.79 Å². The molecule has 1 amide bonds. The molecule has 1 N–H and O–H groups in total. The monoisotopic (exact) mass is 240 g/mol. The Morgan fingerprint density at radius 2 is 2.00 bits per heavy atom. The molecule has 1 fully saturated rings. The first-order valence-electron chi connectivity index (χ1n) is 6.94. The van der Waals surface area contributed by atoms with Crippen LogP contribution in [0.4, 0.5) is 0 Å². The highest BCUT2D eigenvalue weighted by Crippen LogP contribution is 2.29. The molecule has 0 saturated heterocycles. The van der Waals surface area contributed by atoms with Gasteiger partial charge in [-0.15, -0.1) is 0 Å². The van der Waals surface area contributed by atoms with Gasteiger partial charge in [-0.05, 0) is 45.6 Å². The minimum atomic E-state index is -0.422. The van der Waals surface area contributed by atoms with E-state index in [2.05, 4.69) is 24.1 Å². The predicted octanol–water partition coefficient (Wildman–Crippen LogP) is 2.41. The maximum absolute atomic E-state index is 12.5. The third-order valence-electron chi connectivity index (χ3n) is 3.35. The van der Waals surface area contributed by atoms with E-state index in [1.165, 1.54) is 12.8 Å². The Morgan fingerprint density at radius 1 is 1.41 bits per heavy atom. The summed E-state index contributed by atoms with van der Waals surface area (Å²) in [6.07, 6.45) is 3.47. The molecule has 0 heterocycles. The van der Waals surface area contributed by atoms with Gasteiger partial charge in [0.15, 0.2) is 0 Å². The summed E-state index contributed by atoms with van der Waals surface area (Å²) in [7, 11) is 0. The van der Waals surface area contributed by atoms with E-state index in [4.69, 9.17) is 0 Å². The van der Waals surface area contributed by atoms with Gasteiger partial charge in [-0.2, -0.15) is 0 Å². The first-order chi connectivity index (χ1) is 7.88. The average Bonchev–Trinajstić information content (AvgIpc) is 3.01. The van der Waals surface area contributed by atoms with Crippen LogP contribution in [0.1, 0.15) is 53.9 Å². The highest BCUT2D eigenvalue weighted by molar-refractivity contribution is 5.86. The quantitative estimate of drug-likeness (QED) is 0.741. The molecule has 0 spiro atoms. The molecule has 0 atom stereocenters. The summed E-state index contributed by atoms with van der Waals surface area (Å²) in [6.45, 7) is 12.2. The molecule has 0 unspecified atom stereocenters. The lowest BCUT2D eigenvalue weighted by atomic mass is 10.0. The van der Waals surface area contributed by atoms with Crippen LogP contribution in [0.2, 0.25) is 0 Å². The summed E-state index contributed by atoms with van der Waals surface area (Å²) in [5.74, 6) is 0.925. The van der Waals surface area contributed by atoms with E-state index in [-0.39, 0.29) is 5.91 Å². The first kappa shape index (κ1) is 14.5. The lowest BCUT2D eigenvalue weighted by Gasteiger charge is -2.33. The van der Waals surface area contributed by atoms with Gasteiger partial charge in [-0.3, -0.25) is 4.79 Å². The SMILES string of the molecule is CCNC(C)(C)C(=O)N(CCC(C)C)C1CC1. The molecule has 1 saturated carbocycles. The molecule has 1 aliphatic carbocycles. The number of carbonyl (C=O) groups excluding carboxylic acids is 1. The highest BCUT2D eigenvalue weighted by Gasteiger charge is 2.38. The normalized spacial score (nSPS) is 16.4. The largest absolute Gasteiger partial charge is 0.338 e. The Hall–Kier alpha value is -0.570. The van der Waals surface area contributed by atoms with Gasteiger partial charge in [0.25, 0.3) is 0 Å². The van der Waals surface area contributed by atoms with Crippen molar-refractivity contribution in [3.63, 3.8) is 0 Å². The van der Waals surface area contributed by atoms with E-state index < -0.39 is 5.54 Å². The fraction of sp³-hybridized carbons (Fsp3) is 0.929. The number of hydrogen-bond acceptors (Lipinski definition) is 2. The zero-order valence-corrected chi connectivity index (χ0v) is 12.0. The van der Waals surface area contributed by atoms with Crippen LogP contribution in [-0.2, 0) is 4.79 Å². The van der Waals surface area contributed by atoms with Gasteiger partial charge in [0.05, 0.1) is 5.54 Å². The number of likely N-dealkylation sites (N-methyl/N-ethyl adjacent to an activating group) is 1. The van der Waals surface area contributed by atoms with Crippen molar-refractivity contribution in [3.05, 3.63) is 0 Å². The van der Waals surface area contributed by atoms with Gasteiger partial charge in [0.2, 0.25) is 5.91 Å². The second kappa shape index (κ2) is 5.85. The van der Waals surface area contributed by atoms with Crippen molar-refractivity contribution in [2.45, 2.75) is 65.5 Å². The Bertz CT molecular complexity index is 257. The van der Waals surface area contributed by atoms with Crippen molar-refractivity contribution in [1.29, 1.82) is 0 Å². The zero-order valence-electron chi connectivity index (χ0n) is 12.0. The molecule has 100 valence electrons. The lowest BCUT2D eigenvalue weighted by molar-refractivity contribution is -0.137. The highest BCUT2D eigenvalue weighted by atomic mass is 16.2. The van der Waals surface area contributed by atoms with Crippen LogP contribution in [0.15, 0.2) is 0 Å². The molecule has 3 heteroatoms. The second-order valence-electron chi connectivity index (χ2n) is 6.07. The minimum absolute atomic E-state index is 0.266. The molecule has 0 aliphatic heterocycles. The maximum atomic E-state index is 12.5. The van der Waals surface area contributed by atoms with Crippen molar-refractivity contribution in [2.24, 2.45) is 5.92 Å². The number of hydrogen-bond donors (Lipinski definition) is 1. The van der Waals surface area contributed by atoms with Crippen molar-refractivity contribution in [3.8, 4) is 0 Å². The maximum Gasteiger partial charge on any atom is 0.242 e. The number of nitrogens with zero attached hydrogens (tertiary/aromatic N) is 1. The Balaban J connectivity index is 2.60. The van der Waals surface area contributed by atoms with E-state index >= 15 is 0 Å². The van der Waals surface area contributed by atoms with Crippen LogP contribution in [0.3, 0.4) is 0 Å². The van der Waals surface area contributed by atoms with Crippen molar-refractivity contribution in [2.75, 3.05) is 13.1 Å². The molecular formula is C14H28N2O. The van der Waals surface area contributed by atoms with Crippen molar-refractivity contribution >= 4 is 5.91 Å². The second-order valence-corrected chi connectivity index (χ2v) is 6.07. The minimum Gasteiger partial charge on any atom is -0.338 e. The molecule has 17 heavy (non-hydrogen) atoms. The van der Waals surface area contributed by atoms with Crippen LogP contribution < -0.4 is 5.32 Å². The van der Waals surface area contributed by atoms with Gasteiger partial charge >= 0.3 is 0 Å². The molecular weight excluding hydrogens is 212 g/mol. The number of rotatable bonds is 7. The van der Waals surface area contributed by atoms with Gasteiger partial charge in [-0.25, -0.2) is 0 Å². The van der Waals surface area contributed by atoms with Crippen molar-refractivity contribution < 1.29 is 4.79 Å². The molecule has 0 aromatic carbocycles. The topological polar surface area (TPSA) is 32.3 Å². The Morgan fingerprint density at radius 3 is 2.41 bits per heavy atom. The van der Waals surface area contributed by atoms with Crippen molar-refractivity contribution in [1.82, 2.24) is 10.2 Å². The summed E-state index contributed by atoms with van der Waals surface area (Å²) in [4.78, 5) is 14.6.